The van der Waals surface area contributed by atoms with Gasteiger partial charge in [-0.2, -0.15) is 0 Å². The smallest absolute Gasteiger partial charge is 0.0703 e. The van der Waals surface area contributed by atoms with Crippen LogP contribution in [0.4, 0.5) is 0 Å². The standard InChI is InChI=1S/C28H41ClN4/c1-6-11-23-19-25(29)24(20-27(23)31-14-7-2)21-32-26(9-4)28(13-12-22(5)8-3)33-17-10-15-30-16-18-33/h7,9,11-14,19-20,30,32H,6,8,10,15-18,21H2,1-5H3/b14-7-,22-12+,23-11+,26-9+,28-13+,31-27+. The molecule has 0 radical (unpaired) electrons. The minimum absolute atomic E-state index is 0.642. The molecule has 1 fully saturated rings. The van der Waals surface area contributed by atoms with Crippen LogP contribution in [0.25, 0.3) is 0 Å². The molecule has 1 aliphatic carbocycles. The van der Waals surface area contributed by atoms with E-state index >= 15 is 0 Å². The first-order chi connectivity index (χ1) is 16.0. The average molecular weight is 469 g/mol. The van der Waals surface area contributed by atoms with Gasteiger partial charge in [0, 0.05) is 37.4 Å². The lowest BCUT2D eigenvalue weighted by Crippen LogP contribution is -2.32. The van der Waals surface area contributed by atoms with E-state index in [1.54, 1.807) is 0 Å². The van der Waals surface area contributed by atoms with Crippen molar-refractivity contribution < 1.29 is 0 Å². The third kappa shape index (κ3) is 8.53. The number of halogens is 1. The van der Waals surface area contributed by atoms with Gasteiger partial charge in [-0.05, 0) is 76.0 Å². The van der Waals surface area contributed by atoms with Crippen molar-refractivity contribution >= 4 is 17.3 Å². The highest BCUT2D eigenvalue weighted by Crippen LogP contribution is 2.25. The first-order valence-electron chi connectivity index (χ1n) is 12.2. The second kappa shape index (κ2) is 14.8. The molecule has 0 atom stereocenters. The summed E-state index contributed by atoms with van der Waals surface area (Å²) in [6.45, 7) is 15.3. The molecule has 1 saturated heterocycles. The molecule has 180 valence electrons. The van der Waals surface area contributed by atoms with E-state index in [2.05, 4.69) is 78.6 Å². The van der Waals surface area contributed by atoms with E-state index in [9.17, 15) is 0 Å². The summed E-state index contributed by atoms with van der Waals surface area (Å²) in [5, 5.41) is 7.94. The molecule has 0 amide bonds. The predicted molar refractivity (Wildman–Crippen MR) is 146 cm³/mol. The molecule has 2 N–H and O–H groups in total. The van der Waals surface area contributed by atoms with Crippen LogP contribution in [0, 0.1) is 0 Å². The van der Waals surface area contributed by atoms with Crippen molar-refractivity contribution in [3.8, 4) is 0 Å². The summed E-state index contributed by atoms with van der Waals surface area (Å²) in [5.74, 6) is 0. The van der Waals surface area contributed by atoms with E-state index in [1.807, 2.05) is 25.3 Å². The zero-order valence-corrected chi connectivity index (χ0v) is 21.8. The second-order valence-electron chi connectivity index (χ2n) is 8.29. The SMILES string of the molecule is C\C=C/N=C1\C=C(CNC(=C/C)/C(=C\C=C(/C)CC)N2CCCNCC2)C(Cl)=C\C1=C/CC. The summed E-state index contributed by atoms with van der Waals surface area (Å²) in [6, 6.07) is 0. The molecule has 0 aromatic heterocycles. The highest BCUT2D eigenvalue weighted by Gasteiger charge is 2.18. The first-order valence-corrected chi connectivity index (χ1v) is 12.6. The van der Waals surface area contributed by atoms with Crippen LogP contribution in [-0.2, 0) is 0 Å². The van der Waals surface area contributed by atoms with E-state index in [4.69, 9.17) is 11.6 Å². The molecular formula is C28H41ClN4. The van der Waals surface area contributed by atoms with Gasteiger partial charge < -0.3 is 15.5 Å². The lowest BCUT2D eigenvalue weighted by atomic mass is 9.98. The summed E-state index contributed by atoms with van der Waals surface area (Å²) in [5.41, 5.74) is 6.81. The Morgan fingerprint density at radius 1 is 1.18 bits per heavy atom. The number of aliphatic imine (C=N–C) groups is 1. The van der Waals surface area contributed by atoms with Crippen LogP contribution < -0.4 is 10.6 Å². The molecule has 0 unspecified atom stereocenters. The maximum atomic E-state index is 6.69. The molecule has 5 heteroatoms. The number of nitrogens with one attached hydrogen (secondary N) is 2. The molecule has 33 heavy (non-hydrogen) atoms. The van der Waals surface area contributed by atoms with Gasteiger partial charge in [-0.15, -0.1) is 0 Å². The fourth-order valence-electron chi connectivity index (χ4n) is 3.73. The molecule has 2 aliphatic rings. The van der Waals surface area contributed by atoms with Gasteiger partial charge in [0.15, 0.2) is 0 Å². The van der Waals surface area contributed by atoms with Crippen LogP contribution in [0.15, 0.2) is 86.9 Å². The molecule has 4 nitrogen and oxygen atoms in total. The maximum absolute atomic E-state index is 6.69. The van der Waals surface area contributed by atoms with Gasteiger partial charge in [0.05, 0.1) is 17.1 Å². The average Bonchev–Trinajstić information content (AvgIpc) is 3.10. The van der Waals surface area contributed by atoms with Gasteiger partial charge in [0.1, 0.15) is 0 Å². The van der Waals surface area contributed by atoms with Crippen LogP contribution >= 0.6 is 11.6 Å². The van der Waals surface area contributed by atoms with Crippen molar-refractivity contribution in [1.29, 1.82) is 0 Å². The molecule has 0 spiro atoms. The Hall–Kier alpha value is -2.30. The van der Waals surface area contributed by atoms with E-state index in [0.717, 1.165) is 73.0 Å². The van der Waals surface area contributed by atoms with Crippen molar-refractivity contribution in [3.63, 3.8) is 0 Å². The summed E-state index contributed by atoms with van der Waals surface area (Å²) in [6.07, 6.45) is 19.9. The lowest BCUT2D eigenvalue weighted by Gasteiger charge is -2.28. The number of allylic oxidation sites excluding steroid dienone is 9. The van der Waals surface area contributed by atoms with Crippen LogP contribution in [-0.4, -0.2) is 43.3 Å². The summed E-state index contributed by atoms with van der Waals surface area (Å²) in [4.78, 5) is 7.10. The monoisotopic (exact) mass is 468 g/mol. The summed E-state index contributed by atoms with van der Waals surface area (Å²) in [7, 11) is 0. The quantitative estimate of drug-likeness (QED) is 0.385. The molecule has 1 aliphatic heterocycles. The number of nitrogens with zero attached hydrogens (tertiary/aromatic N) is 2. The normalized spacial score (nSPS) is 21.5. The van der Waals surface area contributed by atoms with Crippen molar-refractivity contribution in [3.05, 3.63) is 81.9 Å². The molecule has 0 aromatic rings. The van der Waals surface area contributed by atoms with Crippen LogP contribution in [0.3, 0.4) is 0 Å². The van der Waals surface area contributed by atoms with Crippen molar-refractivity contribution in [1.82, 2.24) is 15.5 Å². The third-order valence-electron chi connectivity index (χ3n) is 5.78. The molecule has 1 heterocycles. The molecule has 0 bridgehead atoms. The Bertz CT molecular complexity index is 889. The number of hydrogen-bond donors (Lipinski definition) is 2. The number of hydrogen-bond acceptors (Lipinski definition) is 4. The Balaban J connectivity index is 2.29. The van der Waals surface area contributed by atoms with E-state index in [-0.39, 0.29) is 0 Å². The largest absolute Gasteiger partial charge is 0.380 e. The first kappa shape index (κ1) is 26.9. The van der Waals surface area contributed by atoms with Gasteiger partial charge in [0.2, 0.25) is 0 Å². The molecule has 0 saturated carbocycles. The minimum Gasteiger partial charge on any atom is -0.380 e. The van der Waals surface area contributed by atoms with E-state index in [0.29, 0.717) is 6.54 Å². The van der Waals surface area contributed by atoms with Gasteiger partial charge in [-0.1, -0.05) is 55.3 Å². The maximum Gasteiger partial charge on any atom is 0.0703 e. The highest BCUT2D eigenvalue weighted by molar-refractivity contribution is 6.34. The minimum atomic E-state index is 0.642. The van der Waals surface area contributed by atoms with Gasteiger partial charge in [-0.3, -0.25) is 4.99 Å². The van der Waals surface area contributed by atoms with E-state index < -0.39 is 0 Å². The lowest BCUT2D eigenvalue weighted by molar-refractivity contribution is 0.369. The van der Waals surface area contributed by atoms with E-state index in [1.165, 1.54) is 11.3 Å². The Labute approximate surface area is 206 Å². The zero-order valence-electron chi connectivity index (χ0n) is 21.0. The van der Waals surface area contributed by atoms with Crippen LogP contribution in [0.1, 0.15) is 53.9 Å². The Morgan fingerprint density at radius 2 is 2.00 bits per heavy atom. The Morgan fingerprint density at radius 3 is 2.70 bits per heavy atom. The third-order valence-corrected chi connectivity index (χ3v) is 6.13. The van der Waals surface area contributed by atoms with Gasteiger partial charge >= 0.3 is 0 Å². The summed E-state index contributed by atoms with van der Waals surface area (Å²) < 4.78 is 0. The summed E-state index contributed by atoms with van der Waals surface area (Å²) >= 11 is 6.69. The fourth-order valence-corrected chi connectivity index (χ4v) is 3.97. The van der Waals surface area contributed by atoms with Crippen molar-refractivity contribution in [2.45, 2.75) is 53.9 Å². The molecular weight excluding hydrogens is 428 g/mol. The topological polar surface area (TPSA) is 39.7 Å². The zero-order chi connectivity index (χ0) is 24.1. The van der Waals surface area contributed by atoms with Crippen LogP contribution in [0.2, 0.25) is 0 Å². The van der Waals surface area contributed by atoms with Gasteiger partial charge in [0.25, 0.3) is 0 Å². The second-order valence-corrected chi connectivity index (χ2v) is 8.70. The van der Waals surface area contributed by atoms with Crippen LogP contribution in [0.5, 0.6) is 0 Å². The molecule has 0 aromatic carbocycles. The highest BCUT2D eigenvalue weighted by atomic mass is 35.5. The predicted octanol–water partition coefficient (Wildman–Crippen LogP) is 6.39. The molecule has 2 rings (SSSR count). The number of rotatable bonds is 9. The van der Waals surface area contributed by atoms with Crippen molar-refractivity contribution in [2.75, 3.05) is 32.7 Å². The van der Waals surface area contributed by atoms with Gasteiger partial charge in [-0.25, -0.2) is 0 Å². The van der Waals surface area contributed by atoms with Crippen molar-refractivity contribution in [2.24, 2.45) is 4.99 Å². The Kier molecular flexibility index (Phi) is 12.1. The fraction of sp³-hybridized carbons (Fsp3) is 0.464.